The Labute approximate surface area is 149 Å². The van der Waals surface area contributed by atoms with Crippen molar-refractivity contribution >= 4 is 12.0 Å². The molecular formula is C19H27N3O3. The number of rotatable bonds is 5. The first-order chi connectivity index (χ1) is 12.1. The monoisotopic (exact) mass is 345 g/mol. The van der Waals surface area contributed by atoms with Crippen molar-refractivity contribution in [1.29, 1.82) is 0 Å². The van der Waals surface area contributed by atoms with Crippen molar-refractivity contribution in [2.24, 2.45) is 0 Å². The first-order valence-electron chi connectivity index (χ1n) is 9.10. The number of nitrogens with one attached hydrogen (secondary N) is 1. The van der Waals surface area contributed by atoms with Crippen LogP contribution < -0.4 is 5.32 Å². The van der Waals surface area contributed by atoms with Crippen LogP contribution in [0.1, 0.15) is 24.8 Å². The van der Waals surface area contributed by atoms with Crippen LogP contribution in [-0.2, 0) is 16.0 Å². The summed E-state index contributed by atoms with van der Waals surface area (Å²) in [7, 11) is 2.10. The van der Waals surface area contributed by atoms with Crippen LogP contribution in [-0.4, -0.2) is 67.2 Å². The van der Waals surface area contributed by atoms with Crippen molar-refractivity contribution in [2.75, 3.05) is 33.3 Å². The van der Waals surface area contributed by atoms with Crippen LogP contribution in [0, 0.1) is 0 Å². The van der Waals surface area contributed by atoms with Gasteiger partial charge in [0.25, 0.3) is 0 Å². The van der Waals surface area contributed by atoms with Crippen molar-refractivity contribution in [1.82, 2.24) is 15.1 Å². The van der Waals surface area contributed by atoms with E-state index >= 15 is 0 Å². The van der Waals surface area contributed by atoms with Gasteiger partial charge in [0.05, 0.1) is 6.61 Å². The van der Waals surface area contributed by atoms with Gasteiger partial charge in [-0.15, -0.1) is 0 Å². The molecule has 2 heterocycles. The number of piperidine rings is 1. The summed E-state index contributed by atoms with van der Waals surface area (Å²) in [6.07, 6.45) is 2.79. The molecule has 0 aromatic heterocycles. The third-order valence-electron chi connectivity index (χ3n) is 5.02. The molecule has 1 aromatic rings. The molecule has 1 aromatic carbocycles. The van der Waals surface area contributed by atoms with Crippen molar-refractivity contribution < 1.29 is 14.3 Å². The van der Waals surface area contributed by atoms with Gasteiger partial charge in [0.15, 0.2) is 0 Å². The maximum absolute atomic E-state index is 13.0. The fraction of sp³-hybridized carbons (Fsp3) is 0.579. The molecule has 3 rings (SSSR count). The summed E-state index contributed by atoms with van der Waals surface area (Å²) in [5, 5.41) is 3.16. The molecule has 1 N–H and O–H groups in total. The summed E-state index contributed by atoms with van der Waals surface area (Å²) < 4.78 is 5.16. The minimum Gasteiger partial charge on any atom is -0.449 e. The highest BCUT2D eigenvalue weighted by molar-refractivity contribution is 5.86. The molecule has 1 atom stereocenters. The lowest BCUT2D eigenvalue weighted by Crippen LogP contribution is -2.55. The Hall–Kier alpha value is -2.08. The number of hydrogen-bond donors (Lipinski definition) is 1. The Kier molecular flexibility index (Phi) is 5.91. The van der Waals surface area contributed by atoms with Crippen molar-refractivity contribution in [3.05, 3.63) is 35.9 Å². The molecule has 2 saturated heterocycles. The Morgan fingerprint density at radius 3 is 2.64 bits per heavy atom. The van der Waals surface area contributed by atoms with E-state index in [4.69, 9.17) is 4.74 Å². The minimum absolute atomic E-state index is 0.0720. The molecule has 25 heavy (non-hydrogen) atoms. The van der Waals surface area contributed by atoms with Crippen LogP contribution in [0.5, 0.6) is 0 Å². The molecule has 2 amide bonds. The zero-order chi connectivity index (χ0) is 17.6. The first-order valence-corrected chi connectivity index (χ1v) is 9.10. The highest BCUT2D eigenvalue weighted by Gasteiger charge is 2.34. The van der Waals surface area contributed by atoms with Crippen LogP contribution in [0.2, 0.25) is 0 Å². The van der Waals surface area contributed by atoms with Gasteiger partial charge >= 0.3 is 6.09 Å². The standard InChI is InChI=1S/C19H27N3O3/c1-21-11-8-16(9-12-21)20-18(23)17(14-15-6-3-2-4-7-15)22-10-5-13-25-19(22)24/h2-4,6-7,16-17H,5,8-14H2,1H3,(H,20,23)/t17-/m0/s1. The molecule has 2 fully saturated rings. The van der Waals surface area contributed by atoms with Crippen LogP contribution in [0.25, 0.3) is 0 Å². The Morgan fingerprint density at radius 2 is 1.96 bits per heavy atom. The minimum atomic E-state index is -0.519. The lowest BCUT2D eigenvalue weighted by atomic mass is 10.0. The lowest BCUT2D eigenvalue weighted by Gasteiger charge is -2.35. The lowest BCUT2D eigenvalue weighted by molar-refractivity contribution is -0.127. The van der Waals surface area contributed by atoms with Crippen LogP contribution in [0.15, 0.2) is 30.3 Å². The van der Waals surface area contributed by atoms with E-state index < -0.39 is 6.04 Å². The van der Waals surface area contributed by atoms with Gasteiger partial charge in [0.2, 0.25) is 5.91 Å². The third kappa shape index (κ3) is 4.72. The quantitative estimate of drug-likeness (QED) is 0.881. The highest BCUT2D eigenvalue weighted by Crippen LogP contribution is 2.16. The average molecular weight is 345 g/mol. The van der Waals surface area contributed by atoms with Crippen molar-refractivity contribution in [3.63, 3.8) is 0 Å². The van der Waals surface area contributed by atoms with Gasteiger partial charge in [0.1, 0.15) is 6.04 Å². The van der Waals surface area contributed by atoms with Crippen molar-refractivity contribution in [2.45, 2.75) is 37.8 Å². The second-order valence-electron chi connectivity index (χ2n) is 6.95. The molecule has 6 nitrogen and oxygen atoms in total. The third-order valence-corrected chi connectivity index (χ3v) is 5.02. The highest BCUT2D eigenvalue weighted by atomic mass is 16.6. The molecular weight excluding hydrogens is 318 g/mol. The van der Waals surface area contributed by atoms with E-state index in [0.29, 0.717) is 19.6 Å². The normalized spacial score (nSPS) is 20.8. The van der Waals surface area contributed by atoms with Crippen molar-refractivity contribution in [3.8, 4) is 0 Å². The van der Waals surface area contributed by atoms with Crippen LogP contribution in [0.4, 0.5) is 4.79 Å². The second kappa shape index (κ2) is 8.34. The van der Waals surface area contributed by atoms with Crippen LogP contribution in [0.3, 0.4) is 0 Å². The number of likely N-dealkylation sites (tertiary alicyclic amines) is 1. The molecule has 0 bridgehead atoms. The van der Waals surface area contributed by atoms with E-state index in [1.807, 2.05) is 30.3 Å². The zero-order valence-corrected chi connectivity index (χ0v) is 14.8. The Morgan fingerprint density at radius 1 is 1.24 bits per heavy atom. The number of carbonyl (C=O) groups excluding carboxylic acids is 2. The van der Waals surface area contributed by atoms with Gasteiger partial charge in [-0.25, -0.2) is 4.79 Å². The second-order valence-corrected chi connectivity index (χ2v) is 6.95. The number of benzene rings is 1. The number of cyclic esters (lactones) is 1. The summed E-state index contributed by atoms with van der Waals surface area (Å²) in [6.45, 7) is 2.97. The Balaban J connectivity index is 1.70. The van der Waals surface area contributed by atoms with E-state index in [1.165, 1.54) is 0 Å². The van der Waals surface area contributed by atoms with E-state index in [-0.39, 0.29) is 18.0 Å². The molecule has 0 radical (unpaired) electrons. The predicted molar refractivity (Wildman–Crippen MR) is 95.3 cm³/mol. The SMILES string of the molecule is CN1CCC(NC(=O)[C@H](Cc2ccccc2)N2CCCOC2=O)CC1. The maximum Gasteiger partial charge on any atom is 0.410 e. The number of nitrogens with zero attached hydrogens (tertiary/aromatic N) is 2. The van der Waals surface area contributed by atoms with Gasteiger partial charge in [-0.1, -0.05) is 30.3 Å². The van der Waals surface area contributed by atoms with Gasteiger partial charge in [-0.3, -0.25) is 9.69 Å². The fourth-order valence-corrected chi connectivity index (χ4v) is 3.48. The number of ether oxygens (including phenoxy) is 1. The number of hydrogen-bond acceptors (Lipinski definition) is 4. The van der Waals surface area contributed by atoms with E-state index in [2.05, 4.69) is 17.3 Å². The predicted octanol–water partition coefficient (Wildman–Crippen LogP) is 1.65. The topological polar surface area (TPSA) is 61.9 Å². The summed E-state index contributed by atoms with van der Waals surface area (Å²) in [4.78, 5) is 29.0. The largest absolute Gasteiger partial charge is 0.449 e. The van der Waals surface area contributed by atoms with Gasteiger partial charge in [-0.05, 0) is 45.0 Å². The number of amides is 2. The smallest absolute Gasteiger partial charge is 0.410 e. The summed E-state index contributed by atoms with van der Waals surface area (Å²) in [5.74, 6) is -0.0720. The van der Waals surface area contributed by atoms with Gasteiger partial charge in [0, 0.05) is 19.0 Å². The van der Waals surface area contributed by atoms with Gasteiger partial charge < -0.3 is 15.0 Å². The molecule has 0 unspecified atom stereocenters. The molecule has 6 heteroatoms. The fourth-order valence-electron chi connectivity index (χ4n) is 3.48. The zero-order valence-electron chi connectivity index (χ0n) is 14.8. The van der Waals surface area contributed by atoms with Crippen LogP contribution >= 0.6 is 0 Å². The maximum atomic E-state index is 13.0. The molecule has 0 spiro atoms. The average Bonchev–Trinajstić information content (AvgIpc) is 2.63. The molecule has 0 saturated carbocycles. The molecule has 136 valence electrons. The summed E-state index contributed by atoms with van der Waals surface area (Å²) in [5.41, 5.74) is 1.05. The van der Waals surface area contributed by atoms with E-state index in [9.17, 15) is 9.59 Å². The first kappa shape index (κ1) is 17.7. The van der Waals surface area contributed by atoms with E-state index in [1.54, 1.807) is 4.90 Å². The summed E-state index contributed by atoms with van der Waals surface area (Å²) >= 11 is 0. The molecule has 2 aliphatic heterocycles. The Bertz CT molecular complexity index is 585. The van der Waals surface area contributed by atoms with E-state index in [0.717, 1.165) is 37.9 Å². The summed E-state index contributed by atoms with van der Waals surface area (Å²) in [6, 6.07) is 9.51. The van der Waals surface area contributed by atoms with Gasteiger partial charge in [-0.2, -0.15) is 0 Å². The molecule has 0 aliphatic carbocycles. The number of carbonyl (C=O) groups is 2. The molecule has 2 aliphatic rings.